The van der Waals surface area contributed by atoms with Gasteiger partial charge in [0.25, 0.3) is 0 Å². The van der Waals surface area contributed by atoms with Crippen molar-refractivity contribution >= 4 is 29.6 Å². The quantitative estimate of drug-likeness (QED) is 0.608. The lowest BCUT2D eigenvalue weighted by Gasteiger charge is -2.11. The van der Waals surface area contributed by atoms with E-state index in [2.05, 4.69) is 15.3 Å². The summed E-state index contributed by atoms with van der Waals surface area (Å²) in [7, 11) is -2.62. The largest absolute Gasteiger partial charge is 0.494 e. The third-order valence-electron chi connectivity index (χ3n) is 3.58. The molecular formula is C16H16N3O4P. The standard InChI is InChI=1S/C16H16N3O4P/c1-23-14-4-2-3-13-15(14)18-10-19-16(13)17-9-11-5-7-12(8-6-11)24(20,21)22/h2-8,10H,9H2,1H3,(H,17,18,19)(H2,20,21,22). The Kier molecular flexibility index (Phi) is 4.49. The van der Waals surface area contributed by atoms with Gasteiger partial charge in [0.1, 0.15) is 23.4 Å². The molecule has 0 saturated carbocycles. The summed E-state index contributed by atoms with van der Waals surface area (Å²) >= 11 is 0. The molecule has 0 radical (unpaired) electrons. The van der Waals surface area contributed by atoms with Crippen molar-refractivity contribution in [2.45, 2.75) is 6.54 Å². The van der Waals surface area contributed by atoms with Crippen LogP contribution in [0.3, 0.4) is 0 Å². The number of hydrogen-bond donors (Lipinski definition) is 3. The van der Waals surface area contributed by atoms with Gasteiger partial charge in [0.15, 0.2) is 0 Å². The molecule has 0 bridgehead atoms. The first-order valence-corrected chi connectivity index (χ1v) is 8.77. The van der Waals surface area contributed by atoms with Gasteiger partial charge in [-0.1, -0.05) is 18.2 Å². The first kappa shape index (κ1) is 16.4. The minimum atomic E-state index is -4.21. The summed E-state index contributed by atoms with van der Waals surface area (Å²) in [6.45, 7) is 0.463. The van der Waals surface area contributed by atoms with Crippen LogP contribution in [0.15, 0.2) is 48.8 Å². The fourth-order valence-electron chi connectivity index (χ4n) is 2.36. The number of anilines is 1. The molecule has 124 valence electrons. The number of nitrogens with one attached hydrogen (secondary N) is 1. The Hall–Kier alpha value is -2.47. The Morgan fingerprint density at radius 2 is 1.88 bits per heavy atom. The number of nitrogens with zero attached hydrogens (tertiary/aromatic N) is 2. The van der Waals surface area contributed by atoms with E-state index in [0.717, 1.165) is 10.9 Å². The van der Waals surface area contributed by atoms with Crippen molar-refractivity contribution in [1.82, 2.24) is 9.97 Å². The Bertz CT molecular complexity index is 909. The van der Waals surface area contributed by atoms with Crippen LogP contribution in [0, 0.1) is 0 Å². The van der Waals surface area contributed by atoms with E-state index in [9.17, 15) is 4.57 Å². The highest BCUT2D eigenvalue weighted by Crippen LogP contribution is 2.33. The number of fused-ring (bicyclic) bond motifs is 1. The van der Waals surface area contributed by atoms with E-state index < -0.39 is 7.60 Å². The van der Waals surface area contributed by atoms with E-state index in [4.69, 9.17) is 14.5 Å². The molecule has 1 aromatic heterocycles. The SMILES string of the molecule is COc1cccc2c(NCc3ccc(P(=O)(O)O)cc3)ncnc12. The molecule has 3 aromatic rings. The number of para-hydroxylation sites is 1. The predicted molar refractivity (Wildman–Crippen MR) is 91.5 cm³/mol. The monoisotopic (exact) mass is 345 g/mol. The molecule has 0 unspecified atom stereocenters. The van der Waals surface area contributed by atoms with Crippen LogP contribution < -0.4 is 15.4 Å². The first-order valence-electron chi connectivity index (χ1n) is 7.15. The fraction of sp³-hybridized carbons (Fsp3) is 0.125. The third-order valence-corrected chi connectivity index (χ3v) is 4.55. The van der Waals surface area contributed by atoms with E-state index in [1.165, 1.54) is 18.5 Å². The number of hydrogen-bond acceptors (Lipinski definition) is 5. The summed E-state index contributed by atoms with van der Waals surface area (Å²) in [5.41, 5.74) is 1.59. The average Bonchev–Trinajstić information content (AvgIpc) is 2.59. The number of methoxy groups -OCH3 is 1. The Labute approximate surface area is 138 Å². The van der Waals surface area contributed by atoms with Crippen molar-refractivity contribution in [2.75, 3.05) is 12.4 Å². The van der Waals surface area contributed by atoms with Crippen LogP contribution in [0.1, 0.15) is 5.56 Å². The fourth-order valence-corrected chi connectivity index (χ4v) is 2.90. The molecule has 7 nitrogen and oxygen atoms in total. The second-order valence-electron chi connectivity index (χ2n) is 5.14. The van der Waals surface area contributed by atoms with Gasteiger partial charge < -0.3 is 19.8 Å². The van der Waals surface area contributed by atoms with Crippen LogP contribution >= 0.6 is 7.60 Å². The second kappa shape index (κ2) is 6.57. The van der Waals surface area contributed by atoms with Crippen LogP contribution in [0.5, 0.6) is 5.75 Å². The van der Waals surface area contributed by atoms with E-state index >= 15 is 0 Å². The Balaban J connectivity index is 1.82. The zero-order valence-corrected chi connectivity index (χ0v) is 13.8. The van der Waals surface area contributed by atoms with Gasteiger partial charge in [-0.2, -0.15) is 0 Å². The van der Waals surface area contributed by atoms with Crippen LogP contribution in [0.2, 0.25) is 0 Å². The highest BCUT2D eigenvalue weighted by molar-refractivity contribution is 7.60. The van der Waals surface area contributed by atoms with Crippen molar-refractivity contribution < 1.29 is 19.1 Å². The van der Waals surface area contributed by atoms with Gasteiger partial charge >= 0.3 is 7.60 Å². The molecule has 0 aliphatic heterocycles. The molecule has 2 aromatic carbocycles. The number of ether oxygens (including phenoxy) is 1. The molecule has 0 atom stereocenters. The molecular weight excluding hydrogens is 329 g/mol. The summed E-state index contributed by atoms with van der Waals surface area (Å²) in [5.74, 6) is 1.34. The first-order chi connectivity index (χ1) is 11.5. The molecule has 0 amide bonds. The van der Waals surface area contributed by atoms with Gasteiger partial charge in [-0.25, -0.2) is 9.97 Å². The Morgan fingerprint density at radius 1 is 1.12 bits per heavy atom. The summed E-state index contributed by atoms with van der Waals surface area (Å²) < 4.78 is 16.5. The van der Waals surface area contributed by atoms with E-state index in [1.54, 1.807) is 19.2 Å². The number of aromatic nitrogens is 2. The molecule has 0 saturated heterocycles. The molecule has 0 spiro atoms. The smallest absolute Gasteiger partial charge is 0.356 e. The van der Waals surface area contributed by atoms with Gasteiger partial charge in [-0.3, -0.25) is 4.57 Å². The van der Waals surface area contributed by atoms with Crippen LogP contribution in [-0.2, 0) is 11.1 Å². The van der Waals surface area contributed by atoms with E-state index in [0.29, 0.717) is 23.6 Å². The topological polar surface area (TPSA) is 105 Å². The van der Waals surface area contributed by atoms with E-state index in [-0.39, 0.29) is 5.30 Å². The lowest BCUT2D eigenvalue weighted by Crippen LogP contribution is -2.06. The molecule has 3 rings (SSSR count). The Morgan fingerprint density at radius 3 is 2.54 bits per heavy atom. The summed E-state index contributed by atoms with van der Waals surface area (Å²) in [6, 6.07) is 11.8. The van der Waals surface area contributed by atoms with Crippen molar-refractivity contribution in [3.05, 3.63) is 54.4 Å². The van der Waals surface area contributed by atoms with Crippen LogP contribution in [-0.4, -0.2) is 26.9 Å². The van der Waals surface area contributed by atoms with Gasteiger partial charge in [0.2, 0.25) is 0 Å². The predicted octanol–water partition coefficient (Wildman–Crippen LogP) is 2.05. The van der Waals surface area contributed by atoms with Crippen molar-refractivity contribution in [3.63, 3.8) is 0 Å². The van der Waals surface area contributed by atoms with Crippen LogP contribution in [0.25, 0.3) is 10.9 Å². The number of benzene rings is 2. The zero-order valence-electron chi connectivity index (χ0n) is 12.9. The molecule has 24 heavy (non-hydrogen) atoms. The maximum atomic E-state index is 11.2. The van der Waals surface area contributed by atoms with Gasteiger partial charge in [-0.15, -0.1) is 0 Å². The maximum absolute atomic E-state index is 11.2. The molecule has 0 fully saturated rings. The highest BCUT2D eigenvalue weighted by atomic mass is 31.2. The van der Waals surface area contributed by atoms with Gasteiger partial charge in [0, 0.05) is 11.9 Å². The second-order valence-corrected chi connectivity index (χ2v) is 6.75. The molecule has 8 heteroatoms. The molecule has 3 N–H and O–H groups in total. The van der Waals surface area contributed by atoms with Gasteiger partial charge in [-0.05, 0) is 29.8 Å². The van der Waals surface area contributed by atoms with Crippen molar-refractivity contribution in [3.8, 4) is 5.75 Å². The number of rotatable bonds is 5. The van der Waals surface area contributed by atoms with Crippen molar-refractivity contribution in [2.24, 2.45) is 0 Å². The molecule has 0 aliphatic carbocycles. The maximum Gasteiger partial charge on any atom is 0.356 e. The average molecular weight is 345 g/mol. The zero-order chi connectivity index (χ0) is 17.2. The molecule has 1 heterocycles. The van der Waals surface area contributed by atoms with Crippen LogP contribution in [0.4, 0.5) is 5.82 Å². The minimum absolute atomic E-state index is 0.00322. The van der Waals surface area contributed by atoms with Crippen molar-refractivity contribution in [1.29, 1.82) is 0 Å². The molecule has 0 aliphatic rings. The highest BCUT2D eigenvalue weighted by Gasteiger charge is 2.16. The summed E-state index contributed by atoms with van der Waals surface area (Å²) in [4.78, 5) is 26.7. The van der Waals surface area contributed by atoms with Gasteiger partial charge in [0.05, 0.1) is 12.4 Å². The lowest BCUT2D eigenvalue weighted by atomic mass is 10.2. The summed E-state index contributed by atoms with van der Waals surface area (Å²) in [5, 5.41) is 4.05. The minimum Gasteiger partial charge on any atom is -0.494 e. The normalized spacial score (nSPS) is 11.5. The summed E-state index contributed by atoms with van der Waals surface area (Å²) in [6.07, 6.45) is 1.46. The third kappa shape index (κ3) is 3.38. The van der Waals surface area contributed by atoms with E-state index in [1.807, 2.05) is 18.2 Å². The lowest BCUT2D eigenvalue weighted by molar-refractivity contribution is 0.387.